The first-order valence-electron chi connectivity index (χ1n) is 6.09. The van der Waals surface area contributed by atoms with Gasteiger partial charge >= 0.3 is 5.97 Å². The molecule has 0 saturated carbocycles. The summed E-state index contributed by atoms with van der Waals surface area (Å²) in [4.78, 5) is 23.3. The van der Waals surface area contributed by atoms with Gasteiger partial charge < -0.3 is 4.74 Å². The number of hydrogen-bond donors (Lipinski definition) is 0. The van der Waals surface area contributed by atoms with Crippen LogP contribution in [0.5, 0.6) is 0 Å². The summed E-state index contributed by atoms with van der Waals surface area (Å²) in [6.45, 7) is 5.04. The van der Waals surface area contributed by atoms with Gasteiger partial charge in [0.05, 0.1) is 7.11 Å². The molecule has 0 spiro atoms. The molecule has 0 saturated heterocycles. The Morgan fingerprint density at radius 3 is 2.30 bits per heavy atom. The normalized spacial score (nSPS) is 12.8. The summed E-state index contributed by atoms with van der Waals surface area (Å²) in [5, 5.41) is -1.27. The second-order valence-electron chi connectivity index (χ2n) is 4.69. The molecular formula is C14H18O5S. The van der Waals surface area contributed by atoms with Gasteiger partial charge in [-0.25, -0.2) is 8.42 Å². The predicted molar refractivity (Wildman–Crippen MR) is 75.5 cm³/mol. The van der Waals surface area contributed by atoms with Crippen molar-refractivity contribution in [3.05, 3.63) is 34.9 Å². The van der Waals surface area contributed by atoms with Crippen LogP contribution in [-0.4, -0.2) is 38.3 Å². The molecule has 0 radical (unpaired) electrons. The van der Waals surface area contributed by atoms with E-state index in [1.165, 1.54) is 6.92 Å². The van der Waals surface area contributed by atoms with Crippen molar-refractivity contribution in [1.82, 2.24) is 0 Å². The number of ketones is 1. The van der Waals surface area contributed by atoms with Crippen molar-refractivity contribution in [3.8, 4) is 0 Å². The van der Waals surface area contributed by atoms with Crippen LogP contribution in [0.3, 0.4) is 0 Å². The summed E-state index contributed by atoms with van der Waals surface area (Å²) < 4.78 is 28.2. The van der Waals surface area contributed by atoms with Gasteiger partial charge in [-0.15, -0.1) is 0 Å². The summed E-state index contributed by atoms with van der Waals surface area (Å²) in [6.07, 6.45) is 0. The summed E-state index contributed by atoms with van der Waals surface area (Å²) in [6, 6.07) is 5.01. The van der Waals surface area contributed by atoms with Gasteiger partial charge in [-0.3, -0.25) is 9.59 Å². The number of esters is 1. The van der Waals surface area contributed by atoms with E-state index in [4.69, 9.17) is 0 Å². The van der Waals surface area contributed by atoms with Crippen molar-refractivity contribution in [2.45, 2.75) is 26.0 Å². The minimum Gasteiger partial charge on any atom is -0.468 e. The maximum absolute atomic E-state index is 12.2. The van der Waals surface area contributed by atoms with Crippen LogP contribution in [0.4, 0.5) is 0 Å². The number of aryl methyl sites for hydroxylation is 2. The number of carbonyl (C=O) groups excluding carboxylic acids is 2. The lowest BCUT2D eigenvalue weighted by atomic mass is 10.0. The molecule has 0 bridgehead atoms. The Kier molecular flexibility index (Phi) is 5.05. The third kappa shape index (κ3) is 3.66. The Balaban J connectivity index is 3.01. The molecule has 0 N–H and O–H groups in total. The molecule has 0 heterocycles. The average molecular weight is 298 g/mol. The lowest BCUT2D eigenvalue weighted by Crippen LogP contribution is -2.32. The molecule has 0 fully saturated rings. The molecule has 0 aromatic heterocycles. The Morgan fingerprint density at radius 1 is 1.20 bits per heavy atom. The summed E-state index contributed by atoms with van der Waals surface area (Å²) in [5.74, 6) is -2.18. The van der Waals surface area contributed by atoms with Gasteiger partial charge in [0.2, 0.25) is 0 Å². The second kappa shape index (κ2) is 6.17. The first-order chi connectivity index (χ1) is 9.19. The quantitative estimate of drug-likeness (QED) is 0.607. The van der Waals surface area contributed by atoms with Crippen LogP contribution in [0.15, 0.2) is 18.2 Å². The van der Waals surface area contributed by atoms with E-state index < -0.39 is 32.6 Å². The number of carbonyl (C=O) groups is 2. The summed E-state index contributed by atoms with van der Waals surface area (Å²) in [7, 11) is -2.76. The third-order valence-corrected chi connectivity index (χ3v) is 5.18. The molecule has 110 valence electrons. The zero-order valence-corrected chi connectivity index (χ0v) is 12.8. The van der Waals surface area contributed by atoms with Crippen molar-refractivity contribution >= 4 is 21.6 Å². The van der Waals surface area contributed by atoms with Crippen molar-refractivity contribution in [2.24, 2.45) is 0 Å². The molecule has 1 aromatic rings. The highest BCUT2D eigenvalue weighted by atomic mass is 32.2. The number of ether oxygens (including phenoxy) is 1. The highest BCUT2D eigenvalue weighted by Gasteiger charge is 2.31. The van der Waals surface area contributed by atoms with Crippen LogP contribution >= 0.6 is 0 Å². The molecule has 5 nitrogen and oxygen atoms in total. The fourth-order valence-corrected chi connectivity index (χ4v) is 2.80. The number of rotatable bonds is 5. The van der Waals surface area contributed by atoms with Crippen LogP contribution in [0.2, 0.25) is 0 Å². The first kappa shape index (κ1) is 16.4. The number of sulfone groups is 1. The van der Waals surface area contributed by atoms with E-state index in [1.54, 1.807) is 18.2 Å². The van der Waals surface area contributed by atoms with Gasteiger partial charge in [-0.2, -0.15) is 0 Å². The topological polar surface area (TPSA) is 77.5 Å². The van der Waals surface area contributed by atoms with Crippen LogP contribution < -0.4 is 0 Å². The Bertz CT molecular complexity index is 631. The molecule has 1 unspecified atom stereocenters. The van der Waals surface area contributed by atoms with Gasteiger partial charge in [-0.1, -0.05) is 12.1 Å². The predicted octanol–water partition coefficient (Wildman–Crippen LogP) is 1.46. The van der Waals surface area contributed by atoms with E-state index in [0.717, 1.165) is 18.2 Å². The molecule has 1 rings (SSSR count). The van der Waals surface area contributed by atoms with E-state index in [9.17, 15) is 18.0 Å². The molecule has 0 amide bonds. The van der Waals surface area contributed by atoms with E-state index >= 15 is 0 Å². The molecule has 0 aliphatic heterocycles. The molecular weight excluding hydrogens is 280 g/mol. The van der Waals surface area contributed by atoms with Gasteiger partial charge in [0.15, 0.2) is 15.6 Å². The van der Waals surface area contributed by atoms with Gasteiger partial charge in [0, 0.05) is 5.56 Å². The molecule has 20 heavy (non-hydrogen) atoms. The minimum absolute atomic E-state index is 0.328. The number of Topliss-reactive ketones (excluding diaryl/α,β-unsaturated/α-hetero) is 1. The molecule has 1 atom stereocenters. The van der Waals surface area contributed by atoms with E-state index in [0.29, 0.717) is 5.56 Å². The maximum Gasteiger partial charge on any atom is 0.320 e. The molecule has 0 aliphatic carbocycles. The van der Waals surface area contributed by atoms with Gasteiger partial charge in [0.25, 0.3) is 0 Å². The lowest BCUT2D eigenvalue weighted by molar-refractivity contribution is -0.137. The smallest absolute Gasteiger partial charge is 0.320 e. The highest BCUT2D eigenvalue weighted by Crippen LogP contribution is 2.15. The zero-order valence-electron chi connectivity index (χ0n) is 12.0. The minimum atomic E-state index is -3.87. The number of methoxy groups -OCH3 is 1. The first-order valence-corrected chi connectivity index (χ1v) is 7.80. The summed E-state index contributed by atoms with van der Waals surface area (Å²) in [5.41, 5.74) is 2.26. The largest absolute Gasteiger partial charge is 0.468 e. The fraction of sp³-hybridized carbons (Fsp3) is 0.429. The number of hydrogen-bond acceptors (Lipinski definition) is 5. The van der Waals surface area contributed by atoms with E-state index in [2.05, 4.69) is 4.74 Å². The average Bonchev–Trinajstić information content (AvgIpc) is 2.39. The fourth-order valence-electron chi connectivity index (χ4n) is 1.64. The Hall–Kier alpha value is -1.69. The zero-order chi connectivity index (χ0) is 15.5. The van der Waals surface area contributed by atoms with Crippen LogP contribution in [0.1, 0.15) is 28.4 Å². The van der Waals surface area contributed by atoms with Crippen molar-refractivity contribution < 1.29 is 22.7 Å². The maximum atomic E-state index is 12.2. The second-order valence-corrected chi connectivity index (χ2v) is 7.01. The molecule has 0 aliphatic rings. The van der Waals surface area contributed by atoms with E-state index in [1.807, 2.05) is 13.8 Å². The Morgan fingerprint density at radius 2 is 1.80 bits per heavy atom. The molecule has 6 heteroatoms. The number of benzene rings is 1. The Labute approximate surface area is 118 Å². The van der Waals surface area contributed by atoms with Gasteiger partial charge in [0.1, 0.15) is 11.0 Å². The van der Waals surface area contributed by atoms with Crippen molar-refractivity contribution in [1.29, 1.82) is 0 Å². The highest BCUT2D eigenvalue weighted by molar-refractivity contribution is 7.93. The van der Waals surface area contributed by atoms with Crippen molar-refractivity contribution in [2.75, 3.05) is 12.9 Å². The van der Waals surface area contributed by atoms with Crippen molar-refractivity contribution in [3.63, 3.8) is 0 Å². The SMILES string of the molecule is COC(=O)CS(=O)(=O)C(C)C(=O)c1ccc(C)c(C)c1. The molecule has 1 aromatic carbocycles. The third-order valence-electron chi connectivity index (χ3n) is 3.25. The van der Waals surface area contributed by atoms with Crippen LogP contribution in [-0.2, 0) is 19.4 Å². The van der Waals surface area contributed by atoms with Crippen LogP contribution in [0, 0.1) is 13.8 Å². The monoisotopic (exact) mass is 298 g/mol. The summed E-state index contributed by atoms with van der Waals surface area (Å²) >= 11 is 0. The van der Waals surface area contributed by atoms with Crippen LogP contribution in [0.25, 0.3) is 0 Å². The van der Waals surface area contributed by atoms with E-state index in [-0.39, 0.29) is 0 Å². The lowest BCUT2D eigenvalue weighted by Gasteiger charge is -2.12. The standard InChI is InChI=1S/C14H18O5S/c1-9-5-6-12(7-10(9)2)14(16)11(3)20(17,18)8-13(15)19-4/h5-7,11H,8H2,1-4H3. The van der Waals surface area contributed by atoms with Gasteiger partial charge in [-0.05, 0) is 38.0 Å².